The first-order valence-corrected chi connectivity index (χ1v) is 7.30. The summed E-state index contributed by atoms with van der Waals surface area (Å²) in [5.41, 5.74) is 4.38. The van der Waals surface area contributed by atoms with E-state index in [0.29, 0.717) is 0 Å². The number of hydrogen-bond acceptors (Lipinski definition) is 0. The quantitative estimate of drug-likeness (QED) is 0.578. The lowest BCUT2D eigenvalue weighted by Crippen LogP contribution is -3.00. The zero-order chi connectivity index (χ0) is 14.3. The SMILES string of the molecule is CC=CCC1(C)C(C)=[N+](C)c2c1ccc1ccccc21.[Br-]. The Morgan fingerprint density at radius 2 is 1.86 bits per heavy atom. The lowest BCUT2D eigenvalue weighted by atomic mass is 9.76. The molecular weight excluding hydrogens is 322 g/mol. The third kappa shape index (κ3) is 2.26. The van der Waals surface area contributed by atoms with Crippen LogP contribution >= 0.6 is 0 Å². The molecule has 3 rings (SSSR count). The van der Waals surface area contributed by atoms with Crippen LogP contribution in [0.2, 0.25) is 0 Å². The van der Waals surface area contributed by atoms with Crippen LogP contribution in [0, 0.1) is 0 Å². The average Bonchev–Trinajstić information content (AvgIpc) is 2.68. The van der Waals surface area contributed by atoms with Crippen LogP contribution in [-0.4, -0.2) is 17.3 Å². The minimum Gasteiger partial charge on any atom is -1.00 e. The zero-order valence-corrected chi connectivity index (χ0v) is 14.7. The Bertz CT molecular complexity index is 742. The van der Waals surface area contributed by atoms with E-state index in [1.807, 2.05) is 0 Å². The van der Waals surface area contributed by atoms with Crippen molar-refractivity contribution < 1.29 is 21.6 Å². The maximum absolute atomic E-state index is 2.38. The molecule has 2 aromatic carbocycles. The highest BCUT2D eigenvalue weighted by atomic mass is 79.9. The molecule has 2 heteroatoms. The molecule has 0 bridgehead atoms. The summed E-state index contributed by atoms with van der Waals surface area (Å²) in [6.07, 6.45) is 5.49. The van der Waals surface area contributed by atoms with Crippen molar-refractivity contribution in [3.8, 4) is 0 Å². The monoisotopic (exact) mass is 343 g/mol. The summed E-state index contributed by atoms with van der Waals surface area (Å²) in [5, 5.41) is 2.68. The highest BCUT2D eigenvalue weighted by Gasteiger charge is 2.45. The fourth-order valence-electron chi connectivity index (χ4n) is 3.41. The molecular formula is C19H22BrN. The molecule has 0 spiro atoms. The van der Waals surface area contributed by atoms with Crippen LogP contribution < -0.4 is 17.0 Å². The summed E-state index contributed by atoms with van der Waals surface area (Å²) in [5.74, 6) is 0. The van der Waals surface area contributed by atoms with Crippen LogP contribution in [0.1, 0.15) is 32.8 Å². The van der Waals surface area contributed by atoms with E-state index in [4.69, 9.17) is 0 Å². The molecule has 0 aliphatic carbocycles. The Morgan fingerprint density at radius 3 is 2.57 bits per heavy atom. The van der Waals surface area contributed by atoms with Crippen molar-refractivity contribution in [1.82, 2.24) is 0 Å². The van der Waals surface area contributed by atoms with Crippen LogP contribution in [-0.2, 0) is 5.41 Å². The molecule has 0 saturated heterocycles. The van der Waals surface area contributed by atoms with Gasteiger partial charge in [-0.25, -0.2) is 4.58 Å². The van der Waals surface area contributed by atoms with Crippen molar-refractivity contribution in [2.45, 2.75) is 32.6 Å². The van der Waals surface area contributed by atoms with Crippen LogP contribution in [0.25, 0.3) is 10.8 Å². The van der Waals surface area contributed by atoms with Gasteiger partial charge in [-0.1, -0.05) is 42.5 Å². The van der Waals surface area contributed by atoms with Gasteiger partial charge in [0.1, 0.15) is 7.05 Å². The molecule has 1 atom stereocenters. The first-order chi connectivity index (χ1) is 9.59. The van der Waals surface area contributed by atoms with E-state index in [9.17, 15) is 0 Å². The molecule has 21 heavy (non-hydrogen) atoms. The minimum atomic E-state index is 0. The molecule has 0 amide bonds. The zero-order valence-electron chi connectivity index (χ0n) is 13.2. The second-order valence-corrected chi connectivity index (χ2v) is 5.93. The predicted molar refractivity (Wildman–Crippen MR) is 87.3 cm³/mol. The molecule has 1 aliphatic rings. The standard InChI is InChI=1S/C19H22N.BrH/c1-5-6-13-19(3)14(2)20(4)18-16-10-8-7-9-15(16)11-12-17(18)19;/h5-12H,13H2,1-4H3;1H/q+1;/p-1. The first kappa shape index (κ1) is 16.0. The summed E-state index contributed by atoms with van der Waals surface area (Å²) in [4.78, 5) is 0. The molecule has 0 fully saturated rings. The van der Waals surface area contributed by atoms with E-state index >= 15 is 0 Å². The molecule has 1 nitrogen and oxygen atoms in total. The number of halogens is 1. The van der Waals surface area contributed by atoms with E-state index in [1.54, 1.807) is 0 Å². The third-order valence-electron chi connectivity index (χ3n) is 4.89. The van der Waals surface area contributed by atoms with Crippen LogP contribution in [0.5, 0.6) is 0 Å². The van der Waals surface area contributed by atoms with Crippen molar-refractivity contribution in [3.05, 3.63) is 54.1 Å². The Kier molecular flexibility index (Phi) is 4.38. The van der Waals surface area contributed by atoms with Crippen LogP contribution in [0.15, 0.2) is 48.6 Å². The second-order valence-electron chi connectivity index (χ2n) is 5.93. The minimum absolute atomic E-state index is 0. The van der Waals surface area contributed by atoms with Crippen molar-refractivity contribution in [2.24, 2.45) is 0 Å². The summed E-state index contributed by atoms with van der Waals surface area (Å²) in [6, 6.07) is 13.2. The number of benzene rings is 2. The van der Waals surface area contributed by atoms with Gasteiger partial charge in [-0.3, -0.25) is 0 Å². The van der Waals surface area contributed by atoms with Gasteiger partial charge in [-0.2, -0.15) is 0 Å². The molecule has 110 valence electrons. The van der Waals surface area contributed by atoms with Gasteiger partial charge < -0.3 is 17.0 Å². The summed E-state index contributed by atoms with van der Waals surface area (Å²) >= 11 is 0. The van der Waals surface area contributed by atoms with Gasteiger partial charge in [0.2, 0.25) is 5.69 Å². The van der Waals surface area contributed by atoms with Gasteiger partial charge in [0, 0.05) is 12.5 Å². The number of fused-ring (bicyclic) bond motifs is 3. The van der Waals surface area contributed by atoms with Crippen molar-refractivity contribution in [3.63, 3.8) is 0 Å². The fourth-order valence-corrected chi connectivity index (χ4v) is 3.41. The maximum atomic E-state index is 2.38. The van der Waals surface area contributed by atoms with Gasteiger partial charge in [-0.05, 0) is 31.7 Å². The van der Waals surface area contributed by atoms with Gasteiger partial charge in [0.05, 0.1) is 10.8 Å². The summed E-state index contributed by atoms with van der Waals surface area (Å²) < 4.78 is 2.38. The average molecular weight is 344 g/mol. The highest BCUT2D eigenvalue weighted by Crippen LogP contribution is 2.45. The lowest BCUT2D eigenvalue weighted by molar-refractivity contribution is -0.401. The molecule has 0 radical (unpaired) electrons. The Labute approximate surface area is 137 Å². The van der Waals surface area contributed by atoms with Crippen molar-refractivity contribution in [1.29, 1.82) is 0 Å². The van der Waals surface area contributed by atoms with Gasteiger partial charge in [0.15, 0.2) is 5.71 Å². The molecule has 1 aliphatic heterocycles. The van der Waals surface area contributed by atoms with Crippen LogP contribution in [0.3, 0.4) is 0 Å². The number of allylic oxidation sites excluding steroid dienone is 2. The van der Waals surface area contributed by atoms with E-state index in [2.05, 4.69) is 80.9 Å². The first-order valence-electron chi connectivity index (χ1n) is 7.30. The molecule has 1 heterocycles. The lowest BCUT2D eigenvalue weighted by Gasteiger charge is -2.20. The van der Waals surface area contributed by atoms with Crippen molar-refractivity contribution >= 4 is 22.2 Å². The maximum Gasteiger partial charge on any atom is 0.217 e. The van der Waals surface area contributed by atoms with E-state index < -0.39 is 0 Å². The molecule has 0 aromatic heterocycles. The topological polar surface area (TPSA) is 3.01 Å². The normalized spacial score (nSPS) is 21.0. The summed E-state index contributed by atoms with van der Waals surface area (Å²) in [7, 11) is 2.20. The highest BCUT2D eigenvalue weighted by molar-refractivity contribution is 6.01. The number of nitrogens with zero attached hydrogens (tertiary/aromatic N) is 1. The van der Waals surface area contributed by atoms with Crippen molar-refractivity contribution in [2.75, 3.05) is 7.05 Å². The smallest absolute Gasteiger partial charge is 0.217 e. The molecule has 2 aromatic rings. The van der Waals surface area contributed by atoms with E-state index in [-0.39, 0.29) is 22.4 Å². The second kappa shape index (κ2) is 5.76. The Hall–Kier alpha value is -1.41. The number of hydrogen-bond donors (Lipinski definition) is 0. The van der Waals surface area contributed by atoms with E-state index in [1.165, 1.54) is 27.7 Å². The van der Waals surface area contributed by atoms with E-state index in [0.717, 1.165) is 6.42 Å². The number of rotatable bonds is 2. The largest absolute Gasteiger partial charge is 1.00 e. The molecule has 1 unspecified atom stereocenters. The Morgan fingerprint density at radius 1 is 1.14 bits per heavy atom. The van der Waals surface area contributed by atoms with Gasteiger partial charge in [0.25, 0.3) is 0 Å². The van der Waals surface area contributed by atoms with Gasteiger partial charge in [-0.15, -0.1) is 0 Å². The van der Waals surface area contributed by atoms with Gasteiger partial charge >= 0.3 is 0 Å². The Balaban J connectivity index is 0.00000161. The predicted octanol–water partition coefficient (Wildman–Crippen LogP) is 1.82. The molecule has 0 saturated carbocycles. The van der Waals surface area contributed by atoms with Crippen LogP contribution in [0.4, 0.5) is 5.69 Å². The summed E-state index contributed by atoms with van der Waals surface area (Å²) in [6.45, 7) is 6.72. The molecule has 0 N–H and O–H groups in total. The fraction of sp³-hybridized carbons (Fsp3) is 0.316. The third-order valence-corrected chi connectivity index (χ3v) is 4.89.